The van der Waals surface area contributed by atoms with Crippen LogP contribution < -0.4 is 15.4 Å². The fourth-order valence-corrected chi connectivity index (χ4v) is 3.52. The van der Waals surface area contributed by atoms with Crippen LogP contribution in [0, 0.1) is 0 Å². The monoisotopic (exact) mass is 425 g/mol. The van der Waals surface area contributed by atoms with Crippen LogP contribution in [0.1, 0.15) is 36.7 Å². The van der Waals surface area contributed by atoms with E-state index in [1.165, 1.54) is 5.56 Å². The molecule has 5 nitrogen and oxygen atoms in total. The van der Waals surface area contributed by atoms with Crippen molar-refractivity contribution in [1.82, 2.24) is 4.98 Å². The number of carbonyl (C=O) groups is 1. The topological polar surface area (TPSA) is 63.2 Å². The molecule has 162 valence electrons. The van der Waals surface area contributed by atoms with E-state index in [0.717, 1.165) is 22.3 Å². The van der Waals surface area contributed by atoms with Crippen molar-refractivity contribution in [1.29, 1.82) is 0 Å². The van der Waals surface area contributed by atoms with Crippen LogP contribution in [0.3, 0.4) is 0 Å². The third kappa shape index (κ3) is 4.72. The average molecular weight is 426 g/mol. The van der Waals surface area contributed by atoms with Crippen LogP contribution in [0.25, 0.3) is 10.8 Å². The first-order chi connectivity index (χ1) is 15.3. The fraction of sp³-hybridized carbons (Fsp3) is 0.185. The highest BCUT2D eigenvalue weighted by Crippen LogP contribution is 2.29. The molecule has 3 aromatic carbocycles. The average Bonchev–Trinajstić information content (AvgIpc) is 2.78. The Morgan fingerprint density at radius 1 is 0.906 bits per heavy atom. The molecule has 0 fully saturated rings. The van der Waals surface area contributed by atoms with Crippen LogP contribution in [-0.2, 0) is 5.41 Å². The van der Waals surface area contributed by atoms with Gasteiger partial charge in [0.1, 0.15) is 17.3 Å². The molecule has 1 heterocycles. The summed E-state index contributed by atoms with van der Waals surface area (Å²) in [6.07, 6.45) is 1.69. The second kappa shape index (κ2) is 8.71. The van der Waals surface area contributed by atoms with E-state index in [1.54, 1.807) is 12.3 Å². The van der Waals surface area contributed by atoms with Gasteiger partial charge in [0.15, 0.2) is 0 Å². The second-order valence-corrected chi connectivity index (χ2v) is 8.70. The third-order valence-electron chi connectivity index (χ3n) is 5.33. The number of ether oxygens (including phenoxy) is 1. The summed E-state index contributed by atoms with van der Waals surface area (Å²) in [6, 6.07) is 23.1. The molecule has 0 aliphatic heterocycles. The number of fused-ring (bicyclic) bond motifs is 1. The fourth-order valence-electron chi connectivity index (χ4n) is 3.52. The van der Waals surface area contributed by atoms with Gasteiger partial charge in [-0.05, 0) is 64.2 Å². The highest BCUT2D eigenvalue weighted by atomic mass is 16.5. The van der Waals surface area contributed by atoms with Crippen molar-refractivity contribution in [3.63, 3.8) is 0 Å². The number of hydrogen-bond donors (Lipinski definition) is 2. The lowest BCUT2D eigenvalue weighted by Gasteiger charge is -2.19. The molecular formula is C27H27N3O2. The van der Waals surface area contributed by atoms with E-state index >= 15 is 0 Å². The number of anilines is 2. The molecule has 0 radical (unpaired) electrons. The summed E-state index contributed by atoms with van der Waals surface area (Å²) in [5, 5.41) is 7.81. The molecule has 4 rings (SSSR count). The maximum absolute atomic E-state index is 13.0. The summed E-state index contributed by atoms with van der Waals surface area (Å²) in [5.41, 5.74) is 2.69. The van der Waals surface area contributed by atoms with Gasteiger partial charge >= 0.3 is 0 Å². The van der Waals surface area contributed by atoms with Gasteiger partial charge < -0.3 is 15.4 Å². The Morgan fingerprint density at radius 3 is 2.38 bits per heavy atom. The molecule has 0 spiro atoms. The Balaban J connectivity index is 1.56. The van der Waals surface area contributed by atoms with Gasteiger partial charge in [0.25, 0.3) is 5.91 Å². The maximum Gasteiger partial charge on any atom is 0.256 e. The summed E-state index contributed by atoms with van der Waals surface area (Å²) in [6.45, 7) is 6.51. The minimum Gasteiger partial charge on any atom is -0.457 e. The first kappa shape index (κ1) is 21.4. The van der Waals surface area contributed by atoms with E-state index in [4.69, 9.17) is 4.74 Å². The van der Waals surface area contributed by atoms with Gasteiger partial charge in [-0.1, -0.05) is 45.0 Å². The van der Waals surface area contributed by atoms with Crippen molar-refractivity contribution in [2.75, 3.05) is 17.7 Å². The molecule has 0 aliphatic rings. The normalized spacial score (nSPS) is 11.2. The zero-order valence-electron chi connectivity index (χ0n) is 18.8. The number of hydrogen-bond acceptors (Lipinski definition) is 4. The lowest BCUT2D eigenvalue weighted by Crippen LogP contribution is -2.14. The van der Waals surface area contributed by atoms with Crippen molar-refractivity contribution in [2.24, 2.45) is 0 Å². The summed E-state index contributed by atoms with van der Waals surface area (Å²) >= 11 is 0. The van der Waals surface area contributed by atoms with Gasteiger partial charge in [0, 0.05) is 30.6 Å². The number of benzene rings is 3. The molecular weight excluding hydrogens is 398 g/mol. The van der Waals surface area contributed by atoms with Crippen molar-refractivity contribution in [2.45, 2.75) is 26.2 Å². The quantitative estimate of drug-likeness (QED) is 0.377. The van der Waals surface area contributed by atoms with Crippen LogP contribution in [-0.4, -0.2) is 17.9 Å². The molecule has 0 bridgehead atoms. The molecule has 0 saturated carbocycles. The molecule has 1 amide bonds. The Morgan fingerprint density at radius 2 is 1.66 bits per heavy atom. The van der Waals surface area contributed by atoms with Gasteiger partial charge in [-0.25, -0.2) is 4.98 Å². The Hall–Kier alpha value is -3.86. The summed E-state index contributed by atoms with van der Waals surface area (Å²) in [7, 11) is 1.81. The Kier molecular flexibility index (Phi) is 5.82. The second-order valence-electron chi connectivity index (χ2n) is 8.70. The molecule has 0 aliphatic carbocycles. The van der Waals surface area contributed by atoms with Crippen molar-refractivity contribution in [3.8, 4) is 11.5 Å². The number of nitrogens with zero attached hydrogens (tertiary/aromatic N) is 1. The van der Waals surface area contributed by atoms with Crippen molar-refractivity contribution >= 4 is 28.2 Å². The largest absolute Gasteiger partial charge is 0.457 e. The van der Waals surface area contributed by atoms with Crippen LogP contribution in [0.2, 0.25) is 0 Å². The third-order valence-corrected chi connectivity index (χ3v) is 5.33. The number of nitrogens with one attached hydrogen (secondary N) is 2. The van der Waals surface area contributed by atoms with E-state index in [0.29, 0.717) is 17.1 Å². The van der Waals surface area contributed by atoms with E-state index in [1.807, 2.05) is 61.6 Å². The molecule has 5 heteroatoms. The number of carbonyl (C=O) groups excluding carboxylic acids is 1. The Bertz CT molecular complexity index is 1260. The molecule has 4 aromatic rings. The van der Waals surface area contributed by atoms with Crippen LogP contribution >= 0.6 is 0 Å². The number of pyridine rings is 1. The molecule has 2 N–H and O–H groups in total. The lowest BCUT2D eigenvalue weighted by molar-refractivity contribution is 0.102. The zero-order chi connectivity index (χ0) is 22.7. The van der Waals surface area contributed by atoms with Gasteiger partial charge in [-0.15, -0.1) is 0 Å². The van der Waals surface area contributed by atoms with Crippen LogP contribution in [0.4, 0.5) is 11.5 Å². The summed E-state index contributed by atoms with van der Waals surface area (Å²) in [5.74, 6) is 1.98. The number of amides is 1. The van der Waals surface area contributed by atoms with E-state index in [9.17, 15) is 4.79 Å². The minimum atomic E-state index is -0.138. The van der Waals surface area contributed by atoms with Crippen LogP contribution in [0.15, 0.2) is 79.0 Å². The summed E-state index contributed by atoms with van der Waals surface area (Å²) < 4.78 is 5.98. The molecule has 0 atom stereocenters. The predicted octanol–water partition coefficient (Wildman–Crippen LogP) is 6.62. The predicted molar refractivity (Wildman–Crippen MR) is 131 cm³/mol. The molecule has 0 unspecified atom stereocenters. The van der Waals surface area contributed by atoms with Gasteiger partial charge in [0.2, 0.25) is 0 Å². The van der Waals surface area contributed by atoms with Crippen molar-refractivity contribution < 1.29 is 9.53 Å². The van der Waals surface area contributed by atoms with Crippen LogP contribution in [0.5, 0.6) is 11.5 Å². The highest BCUT2D eigenvalue weighted by molar-refractivity contribution is 6.13. The lowest BCUT2D eigenvalue weighted by atomic mass is 9.87. The van der Waals surface area contributed by atoms with E-state index in [2.05, 4.69) is 48.5 Å². The Labute approximate surface area is 188 Å². The van der Waals surface area contributed by atoms with E-state index < -0.39 is 0 Å². The standard InChI is InChI=1S/C27H27N3O2/c1-27(2,3)19-8-10-20(11-9-19)30-26(31)24-7-5-6-18-16-21(12-13-23(18)24)32-22-14-15-29-25(17-22)28-4/h5-17H,1-4H3,(H,28,29)(H,30,31). The van der Waals surface area contributed by atoms with Gasteiger partial charge in [-0.3, -0.25) is 4.79 Å². The summed E-state index contributed by atoms with van der Waals surface area (Å²) in [4.78, 5) is 17.2. The SMILES string of the molecule is CNc1cc(Oc2ccc3c(C(=O)Nc4ccc(C(C)(C)C)cc4)cccc3c2)ccn1. The number of aromatic nitrogens is 1. The number of rotatable bonds is 5. The van der Waals surface area contributed by atoms with Gasteiger partial charge in [0.05, 0.1) is 0 Å². The first-order valence-electron chi connectivity index (χ1n) is 10.6. The zero-order valence-corrected chi connectivity index (χ0v) is 18.8. The maximum atomic E-state index is 13.0. The van der Waals surface area contributed by atoms with Crippen molar-refractivity contribution in [3.05, 3.63) is 90.1 Å². The highest BCUT2D eigenvalue weighted by Gasteiger charge is 2.14. The minimum absolute atomic E-state index is 0.0723. The van der Waals surface area contributed by atoms with Gasteiger partial charge in [-0.2, -0.15) is 0 Å². The smallest absolute Gasteiger partial charge is 0.256 e. The van der Waals surface area contributed by atoms with E-state index in [-0.39, 0.29) is 11.3 Å². The first-order valence-corrected chi connectivity index (χ1v) is 10.6. The molecule has 0 saturated heterocycles. The molecule has 1 aromatic heterocycles. The molecule has 32 heavy (non-hydrogen) atoms.